The fourth-order valence-corrected chi connectivity index (χ4v) is 1.16. The minimum absolute atomic E-state index is 1.80. The number of halogens is 10. The highest BCUT2D eigenvalue weighted by Crippen LogP contribution is 2.59. The lowest BCUT2D eigenvalue weighted by molar-refractivity contribution is -0.559. The Hall–Kier alpha value is -1.24. The topological polar surface area (TPSA) is 27.7 Å². The van der Waals surface area contributed by atoms with Crippen molar-refractivity contribution >= 4 is 0 Å². The van der Waals surface area contributed by atoms with Gasteiger partial charge in [0.15, 0.2) is 0 Å². The quantitative estimate of drug-likeness (QED) is 0.577. The van der Waals surface area contributed by atoms with Crippen molar-refractivity contribution in [2.75, 3.05) is 0 Å². The molecule has 1 rings (SSSR count). The van der Waals surface area contributed by atoms with Crippen LogP contribution < -0.4 is 0 Å². The first kappa shape index (κ1) is 15.8. The van der Waals surface area contributed by atoms with E-state index in [4.69, 9.17) is 0 Å². The minimum atomic E-state index is -6.67. The van der Waals surface area contributed by atoms with E-state index >= 15 is 0 Å². The molecule has 0 saturated heterocycles. The molecule has 19 heavy (non-hydrogen) atoms. The summed E-state index contributed by atoms with van der Waals surface area (Å²) in [6.07, 6.45) is -6.67. The first-order chi connectivity index (χ1) is 8.41. The summed E-state index contributed by atoms with van der Waals surface area (Å²) in [5.41, 5.74) is 0. The molecule has 0 aromatic rings. The van der Waals surface area contributed by atoms with Crippen LogP contribution in [0.5, 0.6) is 0 Å². The maximum Gasteiger partial charge on any atom is 0.466 e. The van der Waals surface area contributed by atoms with Crippen LogP contribution in [0.25, 0.3) is 0 Å². The predicted molar refractivity (Wildman–Crippen MR) is 32.3 cm³/mol. The molecule has 0 amide bonds. The van der Waals surface area contributed by atoms with Crippen LogP contribution >= 0.6 is 0 Å². The monoisotopic (exact) mass is 310 g/mol. The molecule has 0 fully saturated rings. The summed E-state index contributed by atoms with van der Waals surface area (Å²) in [4.78, 5) is 3.59. The molecular formula is C6F10O3. The molecule has 112 valence electrons. The van der Waals surface area contributed by atoms with Crippen LogP contribution in [0.15, 0.2) is 11.8 Å². The number of alkyl halides is 6. The minimum Gasteiger partial charge on any atom is -0.418 e. The zero-order chi connectivity index (χ0) is 15.3. The van der Waals surface area contributed by atoms with Crippen LogP contribution in [-0.2, 0) is 14.6 Å². The van der Waals surface area contributed by atoms with Crippen molar-refractivity contribution in [2.45, 2.75) is 23.7 Å². The molecule has 0 aliphatic carbocycles. The first-order valence-corrected chi connectivity index (χ1v) is 3.89. The highest BCUT2D eigenvalue weighted by molar-refractivity contribution is 5.21. The van der Waals surface area contributed by atoms with Crippen LogP contribution in [0, 0.1) is 0 Å². The molecule has 0 saturated carbocycles. The molecule has 0 radical (unpaired) electrons. The largest absolute Gasteiger partial charge is 0.466 e. The molecule has 1 aliphatic rings. The Bertz CT molecular complexity index is 399. The highest BCUT2D eigenvalue weighted by atomic mass is 19.4. The Balaban J connectivity index is 3.67. The van der Waals surface area contributed by atoms with Gasteiger partial charge < -0.3 is 4.74 Å². The summed E-state index contributed by atoms with van der Waals surface area (Å²) in [6, 6.07) is -3.38. The summed E-state index contributed by atoms with van der Waals surface area (Å²) in [5, 5.41) is 0. The third kappa shape index (κ3) is 1.67. The lowest BCUT2D eigenvalue weighted by Crippen LogP contribution is -2.72. The number of hydrogen-bond donors (Lipinski definition) is 0. The predicted octanol–water partition coefficient (Wildman–Crippen LogP) is 3.49. The van der Waals surface area contributed by atoms with Gasteiger partial charge in [0.2, 0.25) is 5.83 Å². The third-order valence-electron chi connectivity index (χ3n) is 2.10. The van der Waals surface area contributed by atoms with Crippen molar-refractivity contribution in [3.8, 4) is 0 Å². The second kappa shape index (κ2) is 4.13. The van der Waals surface area contributed by atoms with E-state index in [1.807, 2.05) is 0 Å². The average molecular weight is 310 g/mol. The van der Waals surface area contributed by atoms with E-state index in [9.17, 15) is 44.2 Å². The van der Waals surface area contributed by atoms with Crippen molar-refractivity contribution in [3.63, 3.8) is 0 Å². The molecule has 0 N–H and O–H groups in total. The Kier molecular flexibility index (Phi) is 3.44. The van der Waals surface area contributed by atoms with E-state index in [0.29, 0.717) is 0 Å². The smallest absolute Gasteiger partial charge is 0.418 e. The fourth-order valence-electron chi connectivity index (χ4n) is 1.16. The van der Waals surface area contributed by atoms with E-state index in [2.05, 4.69) is 4.74 Å². The van der Waals surface area contributed by atoms with Gasteiger partial charge in [-0.1, -0.05) is 0 Å². The maximum atomic E-state index is 13.3. The summed E-state index contributed by atoms with van der Waals surface area (Å²) < 4.78 is 127. The second-order valence-corrected chi connectivity index (χ2v) is 3.13. The molecule has 0 spiro atoms. The van der Waals surface area contributed by atoms with Gasteiger partial charge in [0, 0.05) is 0 Å². The molecule has 3 nitrogen and oxygen atoms in total. The van der Waals surface area contributed by atoms with Gasteiger partial charge in [0.25, 0.3) is 0 Å². The van der Waals surface area contributed by atoms with Gasteiger partial charge in [-0.2, -0.15) is 35.1 Å². The molecule has 1 aliphatic heterocycles. The van der Waals surface area contributed by atoms with Crippen molar-refractivity contribution in [1.82, 2.24) is 0 Å². The van der Waals surface area contributed by atoms with Crippen LogP contribution in [0.2, 0.25) is 0 Å². The summed E-state index contributed by atoms with van der Waals surface area (Å²) in [6.45, 7) is 0. The maximum absolute atomic E-state index is 13.3. The van der Waals surface area contributed by atoms with Crippen LogP contribution in [-0.4, -0.2) is 23.7 Å². The normalized spacial score (nSPS) is 30.2. The van der Waals surface area contributed by atoms with Gasteiger partial charge in [-0.15, -0.1) is 9.88 Å². The van der Waals surface area contributed by atoms with Crippen LogP contribution in [0.1, 0.15) is 0 Å². The van der Waals surface area contributed by atoms with Gasteiger partial charge in [0.05, 0.1) is 0 Å². The SMILES string of the molecule is FOC1(OF)C(F)(F)C(F)=C(F)OC1(F)C(F)(F)F. The lowest BCUT2D eigenvalue weighted by Gasteiger charge is -2.43. The number of hydrogen-bond acceptors (Lipinski definition) is 3. The van der Waals surface area contributed by atoms with Crippen molar-refractivity contribution in [3.05, 3.63) is 11.8 Å². The molecule has 1 atom stereocenters. The molecule has 1 heterocycles. The zero-order valence-corrected chi connectivity index (χ0v) is 8.00. The molecule has 0 bridgehead atoms. The van der Waals surface area contributed by atoms with Gasteiger partial charge in [-0.3, -0.25) is 0 Å². The van der Waals surface area contributed by atoms with E-state index < -0.39 is 35.6 Å². The Morgan fingerprint density at radius 3 is 1.68 bits per heavy atom. The summed E-state index contributed by atoms with van der Waals surface area (Å²) >= 11 is 0. The molecule has 13 heteroatoms. The van der Waals surface area contributed by atoms with Gasteiger partial charge >= 0.3 is 29.8 Å². The van der Waals surface area contributed by atoms with Crippen molar-refractivity contribution in [2.24, 2.45) is 0 Å². The standard InChI is InChI=1S/C6F10O3/c7-1-2(8)17-4(11,6(12,13)14)5(18-15,19-16)3(1,9)10. The third-order valence-corrected chi connectivity index (χ3v) is 2.10. The molecule has 1 unspecified atom stereocenters. The Morgan fingerprint density at radius 1 is 0.947 bits per heavy atom. The van der Waals surface area contributed by atoms with E-state index in [0.717, 1.165) is 0 Å². The van der Waals surface area contributed by atoms with E-state index in [-0.39, 0.29) is 0 Å². The van der Waals surface area contributed by atoms with Crippen LogP contribution in [0.4, 0.5) is 44.2 Å². The van der Waals surface area contributed by atoms with E-state index in [1.165, 1.54) is 0 Å². The molecule has 0 aromatic heterocycles. The van der Waals surface area contributed by atoms with Crippen LogP contribution in [0.3, 0.4) is 0 Å². The Morgan fingerprint density at radius 2 is 1.37 bits per heavy atom. The van der Waals surface area contributed by atoms with Gasteiger partial charge in [-0.25, -0.2) is 0 Å². The zero-order valence-electron chi connectivity index (χ0n) is 8.00. The van der Waals surface area contributed by atoms with Gasteiger partial charge in [0.1, 0.15) is 0 Å². The summed E-state index contributed by atoms with van der Waals surface area (Å²) in [5.74, 6) is -21.8. The highest BCUT2D eigenvalue weighted by Gasteiger charge is 2.89. The van der Waals surface area contributed by atoms with E-state index in [1.54, 1.807) is 9.88 Å². The fraction of sp³-hybridized carbons (Fsp3) is 0.667. The number of rotatable bonds is 2. The second-order valence-electron chi connectivity index (χ2n) is 3.13. The van der Waals surface area contributed by atoms with Crippen molar-refractivity contribution < 1.29 is 58.8 Å². The van der Waals surface area contributed by atoms with Crippen molar-refractivity contribution in [1.29, 1.82) is 0 Å². The molecule has 0 aromatic carbocycles. The average Bonchev–Trinajstić information content (AvgIpc) is 2.26. The lowest BCUT2D eigenvalue weighted by atomic mass is 9.96. The van der Waals surface area contributed by atoms with Gasteiger partial charge in [-0.05, 0) is 9.05 Å². The Labute approximate surface area is 95.7 Å². The summed E-state index contributed by atoms with van der Waals surface area (Å²) in [7, 11) is 0. The molecular weight excluding hydrogens is 310 g/mol. The number of ether oxygens (including phenoxy) is 1. The first-order valence-electron chi connectivity index (χ1n) is 3.89.